The van der Waals surface area contributed by atoms with Gasteiger partial charge in [-0.1, -0.05) is 42.1 Å². The predicted molar refractivity (Wildman–Crippen MR) is 105 cm³/mol. The van der Waals surface area contributed by atoms with Crippen molar-refractivity contribution in [3.8, 4) is 0 Å². The van der Waals surface area contributed by atoms with Crippen LogP contribution in [0.4, 0.5) is 14.5 Å². The maximum absolute atomic E-state index is 13.0. The van der Waals surface area contributed by atoms with E-state index in [1.807, 2.05) is 48.5 Å². The van der Waals surface area contributed by atoms with Gasteiger partial charge in [-0.3, -0.25) is 9.48 Å². The first-order valence-corrected chi connectivity index (χ1v) is 9.69. The van der Waals surface area contributed by atoms with Gasteiger partial charge in [0.25, 0.3) is 6.43 Å². The fourth-order valence-corrected chi connectivity index (χ4v) is 3.82. The Morgan fingerprint density at radius 3 is 2.52 bits per heavy atom. The third-order valence-corrected chi connectivity index (χ3v) is 5.85. The third-order valence-electron chi connectivity index (χ3n) is 3.79. The second kappa shape index (κ2) is 8.67. The summed E-state index contributed by atoms with van der Waals surface area (Å²) in [7, 11) is 0. The van der Waals surface area contributed by atoms with Crippen molar-refractivity contribution in [2.24, 2.45) is 0 Å². The Hall–Kier alpha value is -2.19. The summed E-state index contributed by atoms with van der Waals surface area (Å²) in [4.78, 5) is 14.4. The predicted octanol–water partition coefficient (Wildman–Crippen LogP) is 5.68. The summed E-state index contributed by atoms with van der Waals surface area (Å²) in [5, 5.41) is 6.68. The number of aromatic nitrogens is 2. The summed E-state index contributed by atoms with van der Waals surface area (Å²) in [6, 6.07) is 17.2. The Balaban J connectivity index is 1.75. The summed E-state index contributed by atoms with van der Waals surface area (Å²) in [5.41, 5.74) is 0.780. The van der Waals surface area contributed by atoms with Crippen molar-refractivity contribution in [1.82, 2.24) is 9.78 Å². The lowest BCUT2D eigenvalue weighted by atomic mass is 10.3. The molecule has 1 aromatic heterocycles. The van der Waals surface area contributed by atoms with E-state index in [-0.39, 0.29) is 22.6 Å². The number of carbonyl (C=O) groups is 1. The van der Waals surface area contributed by atoms with Crippen LogP contribution >= 0.6 is 27.7 Å². The number of hydrogen-bond acceptors (Lipinski definition) is 3. The number of para-hydroxylation sites is 1. The van der Waals surface area contributed by atoms with E-state index in [2.05, 4.69) is 26.3 Å². The number of alkyl halides is 2. The molecule has 0 atom stereocenters. The minimum atomic E-state index is -2.70. The molecule has 0 spiro atoms. The third kappa shape index (κ3) is 4.75. The van der Waals surface area contributed by atoms with Crippen molar-refractivity contribution in [2.45, 2.75) is 29.7 Å². The zero-order valence-corrected chi connectivity index (χ0v) is 16.7. The highest BCUT2D eigenvalue weighted by Crippen LogP contribution is 2.33. The SMILES string of the molecule is Cc1c(Br)c(C(F)F)nn1CC(=O)Nc1ccccc1Sc1ccccc1. The summed E-state index contributed by atoms with van der Waals surface area (Å²) in [6.07, 6.45) is -2.70. The van der Waals surface area contributed by atoms with Gasteiger partial charge < -0.3 is 5.32 Å². The number of rotatable bonds is 6. The zero-order valence-electron chi connectivity index (χ0n) is 14.3. The first-order chi connectivity index (χ1) is 13.0. The Labute approximate surface area is 168 Å². The second-order valence-corrected chi connectivity index (χ2v) is 7.61. The molecular formula is C19H16BrF2N3OS. The van der Waals surface area contributed by atoms with Gasteiger partial charge in [0.05, 0.1) is 15.9 Å². The van der Waals surface area contributed by atoms with Crippen molar-refractivity contribution in [3.05, 3.63) is 70.5 Å². The Morgan fingerprint density at radius 2 is 1.85 bits per heavy atom. The molecule has 27 heavy (non-hydrogen) atoms. The molecule has 3 rings (SSSR count). The van der Waals surface area contributed by atoms with E-state index in [0.717, 1.165) is 9.79 Å². The molecule has 140 valence electrons. The summed E-state index contributed by atoms with van der Waals surface area (Å²) < 4.78 is 27.4. The molecule has 4 nitrogen and oxygen atoms in total. The highest BCUT2D eigenvalue weighted by atomic mass is 79.9. The van der Waals surface area contributed by atoms with Crippen LogP contribution in [0.5, 0.6) is 0 Å². The molecule has 0 saturated heterocycles. The van der Waals surface area contributed by atoms with Gasteiger partial charge in [-0.2, -0.15) is 5.10 Å². The lowest BCUT2D eigenvalue weighted by Crippen LogP contribution is -2.20. The van der Waals surface area contributed by atoms with E-state index in [1.165, 1.54) is 16.4 Å². The van der Waals surface area contributed by atoms with Gasteiger partial charge in [-0.15, -0.1) is 0 Å². The minimum absolute atomic E-state index is 0.151. The Kier molecular flexibility index (Phi) is 6.28. The average molecular weight is 452 g/mol. The number of halogens is 3. The number of amides is 1. The van der Waals surface area contributed by atoms with E-state index >= 15 is 0 Å². The number of nitrogens with zero attached hydrogens (tertiary/aromatic N) is 2. The van der Waals surface area contributed by atoms with E-state index in [4.69, 9.17) is 0 Å². The highest BCUT2D eigenvalue weighted by Gasteiger charge is 2.21. The van der Waals surface area contributed by atoms with Crippen LogP contribution in [-0.2, 0) is 11.3 Å². The zero-order chi connectivity index (χ0) is 19.4. The van der Waals surface area contributed by atoms with Gasteiger partial charge in [0, 0.05) is 9.79 Å². The molecule has 1 N–H and O–H groups in total. The van der Waals surface area contributed by atoms with Crippen molar-refractivity contribution >= 4 is 39.3 Å². The van der Waals surface area contributed by atoms with Crippen molar-refractivity contribution < 1.29 is 13.6 Å². The average Bonchev–Trinajstić information content (AvgIpc) is 2.93. The van der Waals surface area contributed by atoms with Crippen LogP contribution < -0.4 is 5.32 Å². The van der Waals surface area contributed by atoms with Crippen LogP contribution in [0.2, 0.25) is 0 Å². The molecule has 0 aliphatic carbocycles. The first-order valence-electron chi connectivity index (χ1n) is 8.08. The topological polar surface area (TPSA) is 46.9 Å². The van der Waals surface area contributed by atoms with Crippen LogP contribution in [0.3, 0.4) is 0 Å². The lowest BCUT2D eigenvalue weighted by molar-refractivity contribution is -0.117. The summed E-state index contributed by atoms with van der Waals surface area (Å²) in [5.74, 6) is -0.338. The Morgan fingerprint density at radius 1 is 1.19 bits per heavy atom. The van der Waals surface area contributed by atoms with E-state index in [0.29, 0.717) is 11.4 Å². The van der Waals surface area contributed by atoms with E-state index < -0.39 is 6.43 Å². The van der Waals surface area contributed by atoms with E-state index in [9.17, 15) is 13.6 Å². The van der Waals surface area contributed by atoms with Crippen LogP contribution in [0.25, 0.3) is 0 Å². The van der Waals surface area contributed by atoms with Crippen LogP contribution in [-0.4, -0.2) is 15.7 Å². The highest BCUT2D eigenvalue weighted by molar-refractivity contribution is 9.10. The monoisotopic (exact) mass is 451 g/mol. The fourth-order valence-electron chi connectivity index (χ4n) is 2.44. The molecule has 1 heterocycles. The van der Waals surface area contributed by atoms with Gasteiger partial charge in [-0.25, -0.2) is 8.78 Å². The van der Waals surface area contributed by atoms with Crippen molar-refractivity contribution in [1.29, 1.82) is 0 Å². The molecule has 1 amide bonds. The van der Waals surface area contributed by atoms with Gasteiger partial charge in [0.1, 0.15) is 12.2 Å². The molecule has 0 saturated carbocycles. The number of carbonyl (C=O) groups excluding carboxylic acids is 1. The van der Waals surface area contributed by atoms with Crippen LogP contribution in [0.1, 0.15) is 17.8 Å². The molecule has 0 aliphatic heterocycles. The molecular weight excluding hydrogens is 436 g/mol. The Bertz CT molecular complexity index is 947. The lowest BCUT2D eigenvalue weighted by Gasteiger charge is -2.11. The number of hydrogen-bond donors (Lipinski definition) is 1. The maximum atomic E-state index is 13.0. The fraction of sp³-hybridized carbons (Fsp3) is 0.158. The quantitative estimate of drug-likeness (QED) is 0.524. The molecule has 0 bridgehead atoms. The number of nitrogens with one attached hydrogen (secondary N) is 1. The largest absolute Gasteiger partial charge is 0.323 e. The second-order valence-electron chi connectivity index (χ2n) is 5.70. The molecule has 0 radical (unpaired) electrons. The van der Waals surface area contributed by atoms with Gasteiger partial charge >= 0.3 is 0 Å². The number of anilines is 1. The normalized spacial score (nSPS) is 11.0. The van der Waals surface area contributed by atoms with Gasteiger partial charge in [-0.05, 0) is 47.1 Å². The summed E-state index contributed by atoms with van der Waals surface area (Å²) in [6.45, 7) is 1.48. The number of benzene rings is 2. The van der Waals surface area contributed by atoms with Gasteiger partial charge in [0.15, 0.2) is 0 Å². The van der Waals surface area contributed by atoms with Crippen LogP contribution in [0.15, 0.2) is 68.9 Å². The summed E-state index contributed by atoms with van der Waals surface area (Å²) >= 11 is 4.64. The smallest absolute Gasteiger partial charge is 0.283 e. The van der Waals surface area contributed by atoms with Crippen LogP contribution in [0, 0.1) is 6.92 Å². The van der Waals surface area contributed by atoms with Crippen molar-refractivity contribution in [2.75, 3.05) is 5.32 Å². The first kappa shape index (κ1) is 19.6. The van der Waals surface area contributed by atoms with E-state index in [1.54, 1.807) is 13.0 Å². The molecule has 2 aromatic carbocycles. The molecule has 0 unspecified atom stereocenters. The maximum Gasteiger partial charge on any atom is 0.283 e. The molecule has 3 aromatic rings. The molecule has 8 heteroatoms. The van der Waals surface area contributed by atoms with Crippen molar-refractivity contribution in [3.63, 3.8) is 0 Å². The minimum Gasteiger partial charge on any atom is -0.323 e. The van der Waals surface area contributed by atoms with Gasteiger partial charge in [0.2, 0.25) is 5.91 Å². The molecule has 0 fully saturated rings. The molecule has 0 aliphatic rings. The standard InChI is InChI=1S/C19H16BrF2N3OS/c1-12-17(20)18(19(21)22)24-25(12)11-16(26)23-14-9-5-6-10-15(14)27-13-7-3-2-4-8-13/h2-10,19H,11H2,1H3,(H,23,26).